The van der Waals surface area contributed by atoms with E-state index in [1.54, 1.807) is 30.3 Å². The Morgan fingerprint density at radius 2 is 1.65 bits per heavy atom. The molecule has 1 aromatic rings. The number of benzene rings is 1. The molecule has 48 heavy (non-hydrogen) atoms. The van der Waals surface area contributed by atoms with E-state index in [0.29, 0.717) is 19.3 Å². The van der Waals surface area contributed by atoms with Crippen LogP contribution in [-0.4, -0.2) is 127 Å². The van der Waals surface area contributed by atoms with Gasteiger partial charge in [-0.1, -0.05) is 18.2 Å². The number of rotatable bonds is 15. The summed E-state index contributed by atoms with van der Waals surface area (Å²) in [5, 5.41) is 49.8. The molecule has 3 aliphatic rings. The Labute approximate surface area is 279 Å². The molecule has 3 aliphatic heterocycles. The number of ketones is 1. The van der Waals surface area contributed by atoms with Gasteiger partial charge in [-0.25, -0.2) is 4.79 Å². The molecular weight excluding hydrogens is 632 g/mol. The molecule has 0 radical (unpaired) electrons. The molecule has 10 atom stereocenters. The summed E-state index contributed by atoms with van der Waals surface area (Å²) in [6.45, 7) is 3.08. The fraction of sp³-hybridized carbons (Fsp3) is 0.647. The lowest BCUT2D eigenvalue weighted by Gasteiger charge is -2.45. The van der Waals surface area contributed by atoms with Gasteiger partial charge in [0.2, 0.25) is 6.29 Å². The number of phenolic OH excluding ortho intramolecular Hbond substituents is 1. The van der Waals surface area contributed by atoms with Crippen molar-refractivity contribution in [2.45, 2.75) is 93.3 Å². The third-order valence-corrected chi connectivity index (χ3v) is 9.42. The van der Waals surface area contributed by atoms with Crippen molar-refractivity contribution in [3.8, 4) is 5.75 Å². The predicted octanol–water partition coefficient (Wildman–Crippen LogP) is 0.901. The second-order valence-electron chi connectivity index (χ2n) is 12.4. The van der Waals surface area contributed by atoms with Crippen LogP contribution < -0.4 is 0 Å². The first-order valence-corrected chi connectivity index (χ1v) is 16.0. The average Bonchev–Trinajstić information content (AvgIpc) is 3.09. The van der Waals surface area contributed by atoms with Crippen LogP contribution in [0.25, 0.3) is 0 Å². The van der Waals surface area contributed by atoms with E-state index in [1.807, 2.05) is 0 Å². The van der Waals surface area contributed by atoms with Crippen LogP contribution in [0.2, 0.25) is 0 Å². The molecule has 14 heteroatoms. The van der Waals surface area contributed by atoms with Crippen molar-refractivity contribution < 1.29 is 68.3 Å². The molecule has 268 valence electrons. The number of Topliss-reactive ketones (excluding diaryl/α,β-unsaturated/α-hetero) is 1. The summed E-state index contributed by atoms with van der Waals surface area (Å²) < 4.78 is 40.5. The first-order chi connectivity index (χ1) is 23.0. The number of hydrogen-bond donors (Lipinski definition) is 5. The molecule has 10 unspecified atom stereocenters. The monoisotopic (exact) mass is 680 g/mol. The van der Waals surface area contributed by atoms with Crippen LogP contribution in [0.3, 0.4) is 0 Å². The number of phenols is 1. The summed E-state index contributed by atoms with van der Waals surface area (Å²) in [5.74, 6) is -2.76. The van der Waals surface area contributed by atoms with Crippen LogP contribution in [0.4, 0.5) is 0 Å². The number of aliphatic hydroxyl groups excluding tert-OH is 4. The standard InChI is InChI=1S/C34H48O14/c1-5-24-25(26(32(41)42-2)17-45-33(24)46-18-28-30(39)31(40)29(38)27(16-35)48-28)13-23-15-34(43-3,44-4)14-22(47-23)12-21(37)11-8-19-6-9-20(36)10-7-19/h5-7,9-10,17,22-25,27-31,33,35-36,38-40H,1,8,11-16,18H2,2-4H3. The SMILES string of the molecule is C=CC1C(OCC2OC(CO)C(O)C(O)C2O)OC=C(C(=O)OC)C1CC1CC(OC)(OC)CC(CC(=O)CCc2ccc(O)cc2)O1. The van der Waals surface area contributed by atoms with Crippen molar-refractivity contribution in [2.24, 2.45) is 11.8 Å². The molecule has 0 aliphatic carbocycles. The molecule has 4 rings (SSSR count). The molecule has 1 aromatic carbocycles. The van der Waals surface area contributed by atoms with Gasteiger partial charge in [-0.05, 0) is 30.5 Å². The maximum absolute atomic E-state index is 13.1. The van der Waals surface area contributed by atoms with Gasteiger partial charge in [0.25, 0.3) is 0 Å². The summed E-state index contributed by atoms with van der Waals surface area (Å²) in [7, 11) is 4.31. The van der Waals surface area contributed by atoms with Crippen LogP contribution in [0, 0.1) is 11.8 Å². The Morgan fingerprint density at radius 3 is 2.27 bits per heavy atom. The van der Waals surface area contributed by atoms with E-state index in [2.05, 4.69) is 6.58 Å². The van der Waals surface area contributed by atoms with Crippen molar-refractivity contribution in [2.75, 3.05) is 34.5 Å². The van der Waals surface area contributed by atoms with Gasteiger partial charge in [-0.3, -0.25) is 4.79 Å². The van der Waals surface area contributed by atoms with Crippen molar-refractivity contribution in [1.29, 1.82) is 0 Å². The van der Waals surface area contributed by atoms with Gasteiger partial charge in [-0.2, -0.15) is 0 Å². The van der Waals surface area contributed by atoms with E-state index < -0.39 is 79.2 Å². The molecule has 2 fully saturated rings. The Kier molecular flexibility index (Phi) is 13.5. The molecule has 2 saturated heterocycles. The lowest BCUT2D eigenvalue weighted by atomic mass is 9.78. The fourth-order valence-electron chi connectivity index (χ4n) is 6.66. The average molecular weight is 681 g/mol. The number of carbonyl (C=O) groups excluding carboxylic acids is 2. The zero-order valence-electron chi connectivity index (χ0n) is 27.5. The van der Waals surface area contributed by atoms with E-state index >= 15 is 0 Å². The van der Waals surface area contributed by atoms with E-state index in [9.17, 15) is 35.1 Å². The predicted molar refractivity (Wildman–Crippen MR) is 167 cm³/mol. The zero-order chi connectivity index (χ0) is 35.0. The quantitative estimate of drug-likeness (QED) is 0.0994. The van der Waals surface area contributed by atoms with Crippen molar-refractivity contribution in [3.05, 3.63) is 54.3 Å². The van der Waals surface area contributed by atoms with Crippen LogP contribution in [-0.2, 0) is 49.2 Å². The van der Waals surface area contributed by atoms with E-state index in [-0.39, 0.29) is 43.0 Å². The van der Waals surface area contributed by atoms with Gasteiger partial charge in [0.15, 0.2) is 5.79 Å². The van der Waals surface area contributed by atoms with Crippen LogP contribution in [0.15, 0.2) is 48.8 Å². The Morgan fingerprint density at radius 1 is 0.979 bits per heavy atom. The number of esters is 1. The topological polar surface area (TPSA) is 200 Å². The van der Waals surface area contributed by atoms with Crippen LogP contribution >= 0.6 is 0 Å². The highest BCUT2D eigenvalue weighted by atomic mass is 16.7. The first kappa shape index (κ1) is 37.9. The number of hydrogen-bond acceptors (Lipinski definition) is 14. The van der Waals surface area contributed by atoms with Gasteiger partial charge < -0.3 is 58.7 Å². The summed E-state index contributed by atoms with van der Waals surface area (Å²) in [4.78, 5) is 26.0. The van der Waals surface area contributed by atoms with E-state index in [0.717, 1.165) is 5.56 Å². The highest BCUT2D eigenvalue weighted by Crippen LogP contribution is 2.42. The lowest BCUT2D eigenvalue weighted by Crippen LogP contribution is -2.59. The number of aliphatic hydroxyl groups is 4. The number of aryl methyl sites for hydroxylation is 1. The second-order valence-corrected chi connectivity index (χ2v) is 12.4. The maximum atomic E-state index is 13.1. The minimum Gasteiger partial charge on any atom is -0.508 e. The zero-order valence-corrected chi connectivity index (χ0v) is 27.5. The molecule has 0 amide bonds. The molecule has 0 bridgehead atoms. The van der Waals surface area contributed by atoms with Crippen molar-refractivity contribution in [3.63, 3.8) is 0 Å². The highest BCUT2D eigenvalue weighted by molar-refractivity contribution is 5.89. The third kappa shape index (κ3) is 9.00. The van der Waals surface area contributed by atoms with Gasteiger partial charge in [-0.15, -0.1) is 6.58 Å². The highest BCUT2D eigenvalue weighted by Gasteiger charge is 2.48. The van der Waals surface area contributed by atoms with Crippen LogP contribution in [0.5, 0.6) is 5.75 Å². The normalized spacial score (nSPS) is 33.3. The minimum absolute atomic E-state index is 0.0123. The van der Waals surface area contributed by atoms with E-state index in [4.69, 9.17) is 33.2 Å². The minimum atomic E-state index is -1.57. The van der Waals surface area contributed by atoms with Gasteiger partial charge in [0, 0.05) is 51.7 Å². The molecule has 0 aromatic heterocycles. The number of carbonyl (C=O) groups is 2. The van der Waals surface area contributed by atoms with Crippen LogP contribution in [0.1, 0.15) is 37.7 Å². The lowest BCUT2D eigenvalue weighted by molar-refractivity contribution is -0.275. The van der Waals surface area contributed by atoms with Crippen molar-refractivity contribution >= 4 is 11.8 Å². The first-order valence-electron chi connectivity index (χ1n) is 16.0. The van der Waals surface area contributed by atoms with Crippen molar-refractivity contribution in [1.82, 2.24) is 0 Å². The summed E-state index contributed by atoms with van der Waals surface area (Å²) in [5.41, 5.74) is 1.14. The largest absolute Gasteiger partial charge is 0.508 e. The number of methoxy groups -OCH3 is 3. The third-order valence-electron chi connectivity index (χ3n) is 9.42. The summed E-state index contributed by atoms with van der Waals surface area (Å²) in [6, 6.07) is 6.70. The Hall–Kier alpha value is -2.92. The van der Waals surface area contributed by atoms with Gasteiger partial charge in [0.05, 0.1) is 44.4 Å². The van der Waals surface area contributed by atoms with E-state index in [1.165, 1.54) is 27.6 Å². The summed E-state index contributed by atoms with van der Waals surface area (Å²) >= 11 is 0. The van der Waals surface area contributed by atoms with Gasteiger partial charge in [0.1, 0.15) is 42.1 Å². The number of aromatic hydroxyl groups is 1. The molecule has 5 N–H and O–H groups in total. The maximum Gasteiger partial charge on any atom is 0.337 e. The Bertz CT molecular complexity index is 1240. The van der Waals surface area contributed by atoms with Gasteiger partial charge >= 0.3 is 5.97 Å². The molecular formula is C34H48O14. The molecule has 3 heterocycles. The molecule has 14 nitrogen and oxygen atoms in total. The molecule has 0 spiro atoms. The summed E-state index contributed by atoms with van der Waals surface area (Å²) in [6.07, 6.45) is -4.29. The smallest absolute Gasteiger partial charge is 0.337 e. The fourth-order valence-corrected chi connectivity index (χ4v) is 6.66. The second kappa shape index (κ2) is 17.1. The molecule has 0 saturated carbocycles. The number of ether oxygens (including phenoxy) is 7. The Balaban J connectivity index is 1.48.